The quantitative estimate of drug-likeness (QED) is 0.236. The fourth-order valence-electron chi connectivity index (χ4n) is 4.86. The van der Waals surface area contributed by atoms with Gasteiger partial charge in [-0.2, -0.15) is 0 Å². The summed E-state index contributed by atoms with van der Waals surface area (Å²) < 4.78 is 5.43. The number of nitrogens with zero attached hydrogens (tertiary/aromatic N) is 1. The highest BCUT2D eigenvalue weighted by molar-refractivity contribution is 5.89. The molecule has 0 fully saturated rings. The fraction of sp³-hybridized carbons (Fsp3) is 0.294. The maximum atomic E-state index is 14.0. The van der Waals surface area contributed by atoms with Crippen LogP contribution in [0.2, 0.25) is 0 Å². The van der Waals surface area contributed by atoms with Crippen LogP contribution in [0, 0.1) is 0 Å². The molecule has 4 aromatic carbocycles. The molecule has 5 heteroatoms. The molecule has 0 saturated carbocycles. The first kappa shape index (κ1) is 27.9. The van der Waals surface area contributed by atoms with Gasteiger partial charge >= 0.3 is 0 Å². The monoisotopic (exact) mass is 522 g/mol. The molecule has 2 amide bonds. The number of nitrogens with one attached hydrogen (secondary N) is 1. The molecule has 0 spiro atoms. The normalized spacial score (nSPS) is 12.5. The molecular formula is C34H38N2O3. The summed E-state index contributed by atoms with van der Waals surface area (Å²) in [6, 6.07) is 31.4. The van der Waals surface area contributed by atoms with E-state index in [2.05, 4.69) is 29.6 Å². The highest BCUT2D eigenvalue weighted by Crippen LogP contribution is 2.23. The van der Waals surface area contributed by atoms with E-state index in [9.17, 15) is 9.59 Å². The number of benzene rings is 4. The van der Waals surface area contributed by atoms with Crippen LogP contribution in [-0.4, -0.2) is 35.9 Å². The van der Waals surface area contributed by atoms with Gasteiger partial charge in [0.2, 0.25) is 11.8 Å². The Labute approximate surface area is 231 Å². The molecule has 39 heavy (non-hydrogen) atoms. The molecule has 0 bridgehead atoms. The van der Waals surface area contributed by atoms with Gasteiger partial charge in [0.15, 0.2) is 0 Å². The average molecular weight is 523 g/mol. The summed E-state index contributed by atoms with van der Waals surface area (Å²) in [7, 11) is 1.63. The zero-order valence-electron chi connectivity index (χ0n) is 23.1. The molecule has 0 aromatic heterocycles. The Morgan fingerprint density at radius 1 is 0.872 bits per heavy atom. The smallest absolute Gasteiger partial charge is 0.243 e. The minimum Gasteiger partial charge on any atom is -0.497 e. The van der Waals surface area contributed by atoms with E-state index in [1.54, 1.807) is 12.0 Å². The first-order valence-corrected chi connectivity index (χ1v) is 13.7. The van der Waals surface area contributed by atoms with Crippen molar-refractivity contribution in [2.45, 2.75) is 58.2 Å². The molecule has 5 nitrogen and oxygen atoms in total. The number of carbonyl (C=O) groups is 2. The van der Waals surface area contributed by atoms with Crippen LogP contribution in [0.15, 0.2) is 97.1 Å². The Balaban J connectivity index is 1.66. The lowest BCUT2D eigenvalue weighted by molar-refractivity contribution is -0.141. The van der Waals surface area contributed by atoms with E-state index in [4.69, 9.17) is 4.74 Å². The molecule has 0 radical (unpaired) electrons. The Morgan fingerprint density at radius 3 is 2.33 bits per heavy atom. The second-order valence-electron chi connectivity index (χ2n) is 10.0. The zero-order valence-corrected chi connectivity index (χ0v) is 23.1. The summed E-state index contributed by atoms with van der Waals surface area (Å²) in [6.07, 6.45) is 2.15. The topological polar surface area (TPSA) is 58.6 Å². The van der Waals surface area contributed by atoms with Gasteiger partial charge in [-0.1, -0.05) is 91.9 Å². The Kier molecular flexibility index (Phi) is 9.74. The van der Waals surface area contributed by atoms with Gasteiger partial charge in [-0.25, -0.2) is 0 Å². The summed E-state index contributed by atoms with van der Waals surface area (Å²) in [4.78, 5) is 29.5. The number of hydrogen-bond acceptors (Lipinski definition) is 3. The van der Waals surface area contributed by atoms with Crippen molar-refractivity contribution in [1.82, 2.24) is 10.2 Å². The van der Waals surface area contributed by atoms with Crippen LogP contribution in [0.3, 0.4) is 0 Å². The lowest BCUT2D eigenvalue weighted by atomic mass is 9.99. The molecule has 4 aromatic rings. The Morgan fingerprint density at radius 2 is 1.56 bits per heavy atom. The fourth-order valence-corrected chi connectivity index (χ4v) is 4.86. The molecule has 0 saturated heterocycles. The second-order valence-corrected chi connectivity index (χ2v) is 10.0. The molecule has 202 valence electrons. The van der Waals surface area contributed by atoms with E-state index in [-0.39, 0.29) is 17.9 Å². The molecule has 0 aliphatic rings. The van der Waals surface area contributed by atoms with Crippen molar-refractivity contribution < 1.29 is 14.3 Å². The van der Waals surface area contributed by atoms with Crippen molar-refractivity contribution in [2.24, 2.45) is 0 Å². The SMILES string of the molecule is CC[C@@H](C)NC(=O)[C@H](Cc1ccccc1)N(Cc1cccc(OC)c1)C(=O)CCc1cccc2ccccc12. The van der Waals surface area contributed by atoms with Gasteiger partial charge in [0.05, 0.1) is 7.11 Å². The maximum Gasteiger partial charge on any atom is 0.243 e. The standard InChI is InChI=1S/C34H38N2O3/c1-4-25(2)35-34(38)32(23-26-12-6-5-7-13-26)36(24-27-14-10-18-30(22-27)39-3)33(37)21-20-29-17-11-16-28-15-8-9-19-31(28)29/h5-19,22,25,32H,4,20-21,23-24H2,1-3H3,(H,35,38)/t25-,32+/m1/s1. The summed E-state index contributed by atoms with van der Waals surface area (Å²) in [5, 5.41) is 5.45. The van der Waals surface area contributed by atoms with E-state index >= 15 is 0 Å². The van der Waals surface area contributed by atoms with Gasteiger partial charge in [-0.05, 0) is 59.4 Å². The number of amides is 2. The summed E-state index contributed by atoms with van der Waals surface area (Å²) in [6.45, 7) is 4.35. The number of fused-ring (bicyclic) bond motifs is 1. The van der Waals surface area contributed by atoms with E-state index in [1.165, 1.54) is 0 Å². The lowest BCUT2D eigenvalue weighted by Crippen LogP contribution is -2.52. The Hall–Kier alpha value is -4.12. The van der Waals surface area contributed by atoms with Crippen LogP contribution in [0.4, 0.5) is 0 Å². The van der Waals surface area contributed by atoms with Gasteiger partial charge in [0, 0.05) is 25.4 Å². The third-order valence-corrected chi connectivity index (χ3v) is 7.25. The average Bonchev–Trinajstić information content (AvgIpc) is 2.98. The highest BCUT2D eigenvalue weighted by atomic mass is 16.5. The van der Waals surface area contributed by atoms with Crippen molar-refractivity contribution in [3.05, 3.63) is 114 Å². The molecule has 0 unspecified atom stereocenters. The third kappa shape index (κ3) is 7.47. The molecule has 0 aliphatic carbocycles. The second kappa shape index (κ2) is 13.6. The minimum atomic E-state index is -0.646. The number of aryl methyl sites for hydroxylation is 1. The van der Waals surface area contributed by atoms with Crippen LogP contribution in [-0.2, 0) is 29.0 Å². The summed E-state index contributed by atoms with van der Waals surface area (Å²) in [5.41, 5.74) is 3.06. The maximum absolute atomic E-state index is 14.0. The first-order chi connectivity index (χ1) is 19.0. The molecule has 0 heterocycles. The molecule has 4 rings (SSSR count). The summed E-state index contributed by atoms with van der Waals surface area (Å²) >= 11 is 0. The van der Waals surface area contributed by atoms with Crippen LogP contribution in [0.1, 0.15) is 43.4 Å². The largest absolute Gasteiger partial charge is 0.497 e. The van der Waals surface area contributed by atoms with Crippen LogP contribution in [0.5, 0.6) is 5.75 Å². The number of rotatable bonds is 12. The van der Waals surface area contributed by atoms with Crippen molar-refractivity contribution in [3.8, 4) is 5.75 Å². The molecule has 2 atom stereocenters. The first-order valence-electron chi connectivity index (χ1n) is 13.7. The third-order valence-electron chi connectivity index (χ3n) is 7.25. The lowest BCUT2D eigenvalue weighted by Gasteiger charge is -2.32. The van der Waals surface area contributed by atoms with E-state index in [1.807, 2.05) is 86.6 Å². The van der Waals surface area contributed by atoms with Crippen LogP contribution < -0.4 is 10.1 Å². The summed E-state index contributed by atoms with van der Waals surface area (Å²) in [5.74, 6) is 0.542. The highest BCUT2D eigenvalue weighted by Gasteiger charge is 2.31. The Bertz CT molecular complexity index is 1380. The van der Waals surface area contributed by atoms with Crippen molar-refractivity contribution >= 4 is 22.6 Å². The number of methoxy groups -OCH3 is 1. The van der Waals surface area contributed by atoms with Crippen molar-refractivity contribution in [2.75, 3.05) is 7.11 Å². The van der Waals surface area contributed by atoms with Crippen molar-refractivity contribution in [1.29, 1.82) is 0 Å². The van der Waals surface area contributed by atoms with Gasteiger partial charge in [0.25, 0.3) is 0 Å². The van der Waals surface area contributed by atoms with E-state index in [0.29, 0.717) is 25.8 Å². The van der Waals surface area contributed by atoms with E-state index < -0.39 is 6.04 Å². The number of ether oxygens (including phenoxy) is 1. The van der Waals surface area contributed by atoms with Crippen molar-refractivity contribution in [3.63, 3.8) is 0 Å². The van der Waals surface area contributed by atoms with Gasteiger partial charge in [0.1, 0.15) is 11.8 Å². The predicted molar refractivity (Wildman–Crippen MR) is 158 cm³/mol. The predicted octanol–water partition coefficient (Wildman–Crippen LogP) is 6.34. The molecule has 0 aliphatic heterocycles. The number of hydrogen-bond donors (Lipinski definition) is 1. The minimum absolute atomic E-state index is 0.0141. The molecule has 1 N–H and O–H groups in total. The molecular weight excluding hydrogens is 484 g/mol. The van der Waals surface area contributed by atoms with Gasteiger partial charge in [-0.3, -0.25) is 9.59 Å². The van der Waals surface area contributed by atoms with E-state index in [0.717, 1.165) is 39.6 Å². The van der Waals surface area contributed by atoms with Gasteiger partial charge < -0.3 is 15.0 Å². The van der Waals surface area contributed by atoms with Gasteiger partial charge in [-0.15, -0.1) is 0 Å². The van der Waals surface area contributed by atoms with Crippen LogP contribution >= 0.6 is 0 Å². The van der Waals surface area contributed by atoms with Crippen LogP contribution in [0.25, 0.3) is 10.8 Å². The number of carbonyl (C=O) groups excluding carboxylic acids is 2. The zero-order chi connectivity index (χ0) is 27.6.